The Kier molecular flexibility index (Phi) is 43.8. The Morgan fingerprint density at radius 1 is 0.312 bits per heavy atom. The quantitative estimate of drug-likeness (QED) is 0.0318. The van der Waals surface area contributed by atoms with Crippen LogP contribution >= 0.6 is 129 Å². The number of rotatable bonds is 29. The van der Waals surface area contributed by atoms with Crippen molar-refractivity contribution in [3.05, 3.63) is 342 Å². The summed E-state index contributed by atoms with van der Waals surface area (Å²) in [5.74, 6) is 2.81. The fourth-order valence-electron chi connectivity index (χ4n) is 17.6. The van der Waals surface area contributed by atoms with Crippen molar-refractivity contribution >= 4 is 199 Å². The molecule has 9 aromatic carbocycles. The van der Waals surface area contributed by atoms with Crippen LogP contribution in [0.4, 0.5) is 22.7 Å². The first-order valence-corrected chi connectivity index (χ1v) is 52.3. The van der Waals surface area contributed by atoms with E-state index in [4.69, 9.17) is 65.4 Å². The van der Waals surface area contributed by atoms with Crippen molar-refractivity contribution in [2.24, 2.45) is 0 Å². The van der Waals surface area contributed by atoms with E-state index < -0.39 is 24.2 Å². The molecular formula is C109H117Cl7N12O12S4. The third kappa shape index (κ3) is 29.7. The second kappa shape index (κ2) is 55.8. The third-order valence-corrected chi connectivity index (χ3v) is 28.6. The van der Waals surface area contributed by atoms with Crippen molar-refractivity contribution in [3.8, 4) is 46.0 Å². The molecule has 3 unspecified atom stereocenters. The highest BCUT2D eigenvalue weighted by molar-refractivity contribution is 7.11. The summed E-state index contributed by atoms with van der Waals surface area (Å²) in [6.45, 7) is 20.6. The number of para-hydroxylation sites is 4. The topological polar surface area (TPSA) is 248 Å². The van der Waals surface area contributed by atoms with Crippen molar-refractivity contribution < 1.29 is 57.3 Å². The molecule has 8 amide bonds. The summed E-state index contributed by atoms with van der Waals surface area (Å²) < 4.78 is 23.8. The summed E-state index contributed by atoms with van der Waals surface area (Å²) in [6.07, 6.45) is 0. The van der Waals surface area contributed by atoms with E-state index in [2.05, 4.69) is 61.1 Å². The molecule has 144 heavy (non-hydrogen) atoms. The highest BCUT2D eigenvalue weighted by atomic mass is 35.5. The number of thiophene rings is 4. The molecule has 4 aliphatic heterocycles. The molecule has 4 N–H and O–H groups in total. The van der Waals surface area contributed by atoms with Crippen molar-refractivity contribution in [1.29, 1.82) is 0 Å². The van der Waals surface area contributed by atoms with Crippen LogP contribution in [0, 0.1) is 20.8 Å². The zero-order valence-electron chi connectivity index (χ0n) is 80.5. The standard InChI is InChI=1S/C31H30ClN3O3S.3C26H28ClN3O3S.3ClH/c1-22-19-25(38-24-11-6-3-7-12-24)14-15-27(22)35(29(36)20-32)30(28-13-8-18-39-28)31(37)34-17-16-33-26(21-34)23-9-4-2-5-10-23;1-18-16-29(17-19(2)28-18)26(32)25(23-9-6-14-34-23)30(24(31)15-27)20-10-12-22(13-11-20)33-21-7-4-3-5-8-21;2*1-18-15-21(33-20-7-4-3-5-8-20)10-11-22(18)30(24(31)16-27)25(23-9-6-14-34-23)26(32)29-13-12-28-19(2)17-29;;;/h2-15,18-19,26,30,33H,16-17,20-21H2,1H3;3-14,18-19,25,28H,15-17H2,1-2H3;2*3-11,14-15,19,25,28H,12-13,16-17H2,1-2H3;3*1H/t;18-,19+,25?;19-,25+;19-,25-;;;/m..00.../s1. The molecule has 4 fully saturated rings. The molecule has 35 heteroatoms. The Bertz CT molecular complexity index is 6060. The van der Waals surface area contributed by atoms with E-state index in [0.29, 0.717) is 105 Å². The number of aryl methyl sites for hydroxylation is 3. The van der Waals surface area contributed by atoms with Crippen LogP contribution in [0.15, 0.2) is 301 Å². The highest BCUT2D eigenvalue weighted by Crippen LogP contribution is 2.43. The average molecular weight is 2160 g/mol. The Hall–Kier alpha value is -11.4. The maximum absolute atomic E-state index is 14.3. The van der Waals surface area contributed by atoms with Crippen LogP contribution in [0.2, 0.25) is 0 Å². The van der Waals surface area contributed by atoms with E-state index in [-0.39, 0.29) is 138 Å². The second-order valence-corrected chi connectivity index (χ2v) is 39.4. The molecule has 9 atom stereocenters. The van der Waals surface area contributed by atoms with E-state index in [1.165, 1.54) is 50.2 Å². The van der Waals surface area contributed by atoms with E-state index in [1.807, 2.05) is 305 Å². The number of anilines is 4. The monoisotopic (exact) mass is 2160 g/mol. The van der Waals surface area contributed by atoms with Crippen LogP contribution in [0.1, 0.15) is 99.7 Å². The molecule has 24 nitrogen and oxygen atoms in total. The number of nitrogens with zero attached hydrogens (tertiary/aromatic N) is 8. The number of carbonyl (C=O) groups is 8. The maximum atomic E-state index is 14.3. The Morgan fingerprint density at radius 2 is 0.576 bits per heavy atom. The van der Waals surface area contributed by atoms with Crippen LogP contribution in [0.25, 0.3) is 0 Å². The second-order valence-electron chi connectivity index (χ2n) is 34.5. The van der Waals surface area contributed by atoms with Crippen LogP contribution in [-0.2, 0) is 38.4 Å². The number of carbonyl (C=O) groups excluding carboxylic acids is 8. The number of alkyl halides is 4. The van der Waals surface area contributed by atoms with Crippen LogP contribution in [0.5, 0.6) is 46.0 Å². The van der Waals surface area contributed by atoms with Gasteiger partial charge in [0.05, 0.1) is 0 Å². The summed E-state index contributed by atoms with van der Waals surface area (Å²) in [4.78, 5) is 126. The number of nitrogens with one attached hydrogen (secondary N) is 4. The molecule has 4 aliphatic rings. The number of ether oxygens (including phenoxy) is 4. The highest BCUT2D eigenvalue weighted by Gasteiger charge is 2.44. The SMILES string of the molecule is C[C@@H]1CN(C(=O)C(c2cccs2)N(C(=O)CCl)c2ccc(Oc3ccccc3)cc2)C[C@H](C)N1.Cc1cc(Oc2ccccc2)ccc1N(C(=O)CCl)C(C(=O)N1CCNC(c2ccccc2)C1)c1cccs1.Cc1cc(Oc2ccccc2)ccc1N(C(=O)CCl)[C@@H](C(=O)N1CCN[C@@H](C)C1)c1cccs1.Cc1cc(Oc2ccccc2)ccc1N(C(=O)CCl)[C@H](C(=O)N1CCN[C@@H](C)C1)c1cccs1.Cl.Cl.Cl. The first kappa shape index (κ1) is 113. The van der Waals surface area contributed by atoms with Gasteiger partial charge in [0, 0.05) is 144 Å². The van der Waals surface area contributed by atoms with Gasteiger partial charge in [0.1, 0.15) is 93.7 Å². The number of piperazine rings is 4. The lowest BCUT2D eigenvalue weighted by Crippen LogP contribution is -2.58. The molecule has 17 rings (SSSR count). The number of hydrogen-bond donors (Lipinski definition) is 4. The molecular weight excluding hydrogens is 2050 g/mol. The Labute approximate surface area is 896 Å². The van der Waals surface area contributed by atoms with Gasteiger partial charge in [-0.1, -0.05) is 127 Å². The minimum Gasteiger partial charge on any atom is -0.457 e. The van der Waals surface area contributed by atoms with Gasteiger partial charge in [-0.15, -0.1) is 129 Å². The van der Waals surface area contributed by atoms with Crippen LogP contribution in [-0.4, -0.2) is 187 Å². The number of halogens is 7. The number of amides is 8. The van der Waals surface area contributed by atoms with Gasteiger partial charge in [-0.25, -0.2) is 0 Å². The normalized spacial score (nSPS) is 16.6. The summed E-state index contributed by atoms with van der Waals surface area (Å²) in [5, 5.41) is 21.4. The van der Waals surface area contributed by atoms with Gasteiger partial charge in [0.25, 0.3) is 23.6 Å². The molecule has 13 aromatic rings. The Balaban J connectivity index is 0.000000182. The predicted octanol–water partition coefficient (Wildman–Crippen LogP) is 22.6. The lowest BCUT2D eigenvalue weighted by molar-refractivity contribution is -0.136. The smallest absolute Gasteiger partial charge is 0.251 e. The summed E-state index contributed by atoms with van der Waals surface area (Å²) in [6, 6.07) is 84.6. The molecule has 0 radical (unpaired) electrons. The van der Waals surface area contributed by atoms with Crippen molar-refractivity contribution in [2.45, 2.75) is 103 Å². The van der Waals surface area contributed by atoms with Gasteiger partial charge >= 0.3 is 0 Å². The van der Waals surface area contributed by atoms with E-state index in [1.54, 1.807) is 39.0 Å². The van der Waals surface area contributed by atoms with E-state index in [9.17, 15) is 38.4 Å². The molecule has 0 bridgehead atoms. The molecule has 758 valence electrons. The zero-order valence-corrected chi connectivity index (χ0v) is 89.3. The molecule has 4 saturated heterocycles. The fraction of sp³-hybridized carbons (Fsp3) is 0.284. The van der Waals surface area contributed by atoms with Crippen molar-refractivity contribution in [1.82, 2.24) is 40.9 Å². The molecule has 0 saturated carbocycles. The van der Waals surface area contributed by atoms with Crippen LogP contribution in [0.3, 0.4) is 0 Å². The fourth-order valence-corrected chi connectivity index (χ4v) is 21.3. The number of hydrogen-bond acceptors (Lipinski definition) is 20. The van der Waals surface area contributed by atoms with E-state index >= 15 is 0 Å². The first-order chi connectivity index (χ1) is 68.4. The minimum atomic E-state index is -0.828. The maximum Gasteiger partial charge on any atom is 0.251 e. The van der Waals surface area contributed by atoms with Gasteiger partial charge in [-0.3, -0.25) is 58.0 Å². The van der Waals surface area contributed by atoms with Crippen LogP contribution < -0.4 is 59.8 Å². The third-order valence-electron chi connectivity index (χ3n) is 24.0. The lowest BCUT2D eigenvalue weighted by Gasteiger charge is -2.40. The van der Waals surface area contributed by atoms with Gasteiger partial charge in [0.2, 0.25) is 23.6 Å². The molecule has 0 aliphatic carbocycles. The molecule has 8 heterocycles. The van der Waals surface area contributed by atoms with Crippen molar-refractivity contribution in [2.75, 3.05) is 115 Å². The summed E-state index contributed by atoms with van der Waals surface area (Å²) in [5.41, 5.74) is 6.06. The first-order valence-electron chi connectivity index (χ1n) is 46.6. The van der Waals surface area contributed by atoms with E-state index in [0.717, 1.165) is 77.8 Å². The summed E-state index contributed by atoms with van der Waals surface area (Å²) >= 11 is 30.1. The van der Waals surface area contributed by atoms with Gasteiger partial charge in [-0.05, 0) is 244 Å². The largest absolute Gasteiger partial charge is 0.457 e. The zero-order chi connectivity index (χ0) is 99.4. The van der Waals surface area contributed by atoms with Gasteiger partial charge in [-0.2, -0.15) is 0 Å². The average Bonchev–Trinajstić information content (AvgIpc) is 1.27. The molecule has 4 aromatic heterocycles. The Morgan fingerprint density at radius 3 is 0.875 bits per heavy atom. The van der Waals surface area contributed by atoms with Gasteiger partial charge in [0.15, 0.2) is 0 Å². The van der Waals surface area contributed by atoms with Crippen molar-refractivity contribution in [3.63, 3.8) is 0 Å². The summed E-state index contributed by atoms with van der Waals surface area (Å²) in [7, 11) is 0. The number of benzene rings is 9. The minimum absolute atomic E-state index is 0. The lowest BCUT2D eigenvalue weighted by atomic mass is 10.0. The van der Waals surface area contributed by atoms with Gasteiger partial charge < -0.3 is 59.8 Å². The predicted molar refractivity (Wildman–Crippen MR) is 589 cm³/mol. The molecule has 0 spiro atoms.